The summed E-state index contributed by atoms with van der Waals surface area (Å²) in [5.74, 6) is -1.97. The summed E-state index contributed by atoms with van der Waals surface area (Å²) in [5, 5.41) is 12.9. The van der Waals surface area contributed by atoms with Gasteiger partial charge in [-0.25, -0.2) is 4.79 Å². The van der Waals surface area contributed by atoms with Gasteiger partial charge in [0.15, 0.2) is 0 Å². The van der Waals surface area contributed by atoms with E-state index < -0.39 is 29.6 Å². The second-order valence-corrected chi connectivity index (χ2v) is 4.80. The monoisotopic (exact) mass is 282 g/mol. The number of nitrogens with one attached hydrogen (secondary N) is 1. The van der Waals surface area contributed by atoms with Gasteiger partial charge in [0.1, 0.15) is 12.1 Å². The molecule has 0 saturated carbocycles. The molecule has 7 nitrogen and oxygen atoms in total. The summed E-state index contributed by atoms with van der Waals surface area (Å²) in [7, 11) is 0. The first kappa shape index (κ1) is 17.8. The molecule has 0 aromatic carbocycles. The average molecular weight is 282 g/mol. The molecule has 1 N–H and O–H groups in total. The normalized spacial score (nSPS) is 19.6. The third-order valence-corrected chi connectivity index (χ3v) is 2.01. The Bertz CT molecular complexity index is 353. The van der Waals surface area contributed by atoms with Gasteiger partial charge in [-0.05, 0) is 20.8 Å². The molecule has 1 aliphatic rings. The van der Waals surface area contributed by atoms with Crippen LogP contribution in [0.4, 0.5) is 4.79 Å². The number of carboxylic acid groups (broad SMARTS) is 1. The van der Waals surface area contributed by atoms with Crippen molar-refractivity contribution in [2.75, 3.05) is 13.1 Å². The van der Waals surface area contributed by atoms with Gasteiger partial charge in [0.2, 0.25) is 5.91 Å². The third kappa shape index (κ3) is 5.66. The molecule has 2 amide bonds. The third-order valence-electron chi connectivity index (χ3n) is 2.01. The molecule has 1 unspecified atom stereocenters. The van der Waals surface area contributed by atoms with Crippen molar-refractivity contribution in [2.24, 2.45) is 0 Å². The van der Waals surface area contributed by atoms with E-state index >= 15 is 0 Å². The van der Waals surface area contributed by atoms with Gasteiger partial charge >= 0.3 is 57.5 Å². The van der Waals surface area contributed by atoms with E-state index in [1.807, 2.05) is 0 Å². The van der Waals surface area contributed by atoms with Crippen molar-refractivity contribution in [3.63, 3.8) is 0 Å². The second-order valence-electron chi connectivity index (χ2n) is 4.80. The second kappa shape index (κ2) is 6.85. The van der Waals surface area contributed by atoms with Crippen LogP contribution in [0.2, 0.25) is 0 Å². The predicted molar refractivity (Wildman–Crippen MR) is 54.7 cm³/mol. The zero-order valence-corrected chi connectivity index (χ0v) is 14.1. The molecule has 1 heterocycles. The standard InChI is InChI=1S/C10H16N2O5.K/c1-10(2,3)17-9(16)12-4-6(8(14)15)11-7(13)5-12;/h6H,4-5H2,1-3H3,(H,11,13)(H,14,15);/q;+1/p-1. The van der Waals surface area contributed by atoms with Crippen molar-refractivity contribution in [2.45, 2.75) is 32.4 Å². The smallest absolute Gasteiger partial charge is 0.548 e. The van der Waals surface area contributed by atoms with E-state index in [0.717, 1.165) is 4.90 Å². The predicted octanol–water partition coefficient (Wildman–Crippen LogP) is -4.52. The van der Waals surface area contributed by atoms with Crippen LogP contribution in [0, 0.1) is 0 Å². The number of hydrogen-bond acceptors (Lipinski definition) is 5. The summed E-state index contributed by atoms with van der Waals surface area (Å²) in [6.45, 7) is 4.70. The van der Waals surface area contributed by atoms with Crippen LogP contribution in [0.15, 0.2) is 0 Å². The number of rotatable bonds is 1. The van der Waals surface area contributed by atoms with Crippen LogP contribution in [0.1, 0.15) is 20.8 Å². The van der Waals surface area contributed by atoms with Gasteiger partial charge in [0, 0.05) is 0 Å². The summed E-state index contributed by atoms with van der Waals surface area (Å²) >= 11 is 0. The van der Waals surface area contributed by atoms with Crippen molar-refractivity contribution in [3.8, 4) is 0 Å². The summed E-state index contributed by atoms with van der Waals surface area (Å²) in [4.78, 5) is 34.5. The summed E-state index contributed by atoms with van der Waals surface area (Å²) in [6, 6.07) is -1.19. The molecule has 1 rings (SSSR count). The van der Waals surface area contributed by atoms with Crippen LogP contribution in [-0.2, 0) is 14.3 Å². The minimum Gasteiger partial charge on any atom is -0.548 e. The van der Waals surface area contributed by atoms with Crippen molar-refractivity contribution in [1.82, 2.24) is 10.2 Å². The minimum absolute atomic E-state index is 0. The Morgan fingerprint density at radius 2 is 2.00 bits per heavy atom. The van der Waals surface area contributed by atoms with E-state index in [1.165, 1.54) is 0 Å². The Labute approximate surface area is 148 Å². The van der Waals surface area contributed by atoms with E-state index in [2.05, 4.69) is 5.32 Å². The number of amides is 2. The van der Waals surface area contributed by atoms with Crippen molar-refractivity contribution >= 4 is 18.0 Å². The fourth-order valence-corrected chi connectivity index (χ4v) is 1.34. The molecule has 1 atom stereocenters. The Morgan fingerprint density at radius 1 is 1.44 bits per heavy atom. The Morgan fingerprint density at radius 3 is 2.44 bits per heavy atom. The van der Waals surface area contributed by atoms with Gasteiger partial charge in [-0.15, -0.1) is 0 Å². The van der Waals surface area contributed by atoms with Crippen molar-refractivity contribution < 1.29 is 75.6 Å². The molecule has 0 bridgehead atoms. The van der Waals surface area contributed by atoms with Crippen LogP contribution in [0.25, 0.3) is 0 Å². The number of carbonyl (C=O) groups is 3. The Kier molecular flexibility index (Phi) is 6.79. The first-order valence-electron chi connectivity index (χ1n) is 5.17. The van der Waals surface area contributed by atoms with Crippen LogP contribution in [0.3, 0.4) is 0 Å². The molecular formula is C10H15KN2O5. The number of piperazine rings is 1. The molecule has 0 spiro atoms. The first-order chi connectivity index (χ1) is 7.69. The summed E-state index contributed by atoms with van der Waals surface area (Å²) in [5.41, 5.74) is -0.692. The molecule has 1 saturated heterocycles. The minimum atomic E-state index is -1.42. The molecule has 1 aliphatic heterocycles. The molecule has 18 heavy (non-hydrogen) atoms. The summed E-state index contributed by atoms with van der Waals surface area (Å²) in [6.07, 6.45) is -0.710. The number of aliphatic carboxylic acids is 1. The molecular weight excluding hydrogens is 267 g/mol. The Hall–Kier alpha value is -0.154. The zero-order valence-electron chi connectivity index (χ0n) is 11.0. The van der Waals surface area contributed by atoms with E-state index in [-0.39, 0.29) is 64.5 Å². The number of hydrogen-bond donors (Lipinski definition) is 1. The van der Waals surface area contributed by atoms with Crippen molar-refractivity contribution in [3.05, 3.63) is 0 Å². The number of carboxylic acids is 1. The average Bonchev–Trinajstić information content (AvgIpc) is 2.13. The van der Waals surface area contributed by atoms with E-state index in [4.69, 9.17) is 4.74 Å². The van der Waals surface area contributed by atoms with Gasteiger partial charge in [-0.2, -0.15) is 0 Å². The zero-order chi connectivity index (χ0) is 13.2. The molecule has 0 aromatic heterocycles. The molecule has 96 valence electrons. The molecule has 8 heteroatoms. The summed E-state index contributed by atoms with van der Waals surface area (Å²) < 4.78 is 5.05. The first-order valence-corrected chi connectivity index (χ1v) is 5.17. The topological polar surface area (TPSA) is 98.8 Å². The SMILES string of the molecule is CC(C)(C)OC(=O)N1CC(=O)NC(C(=O)[O-])C1.[K+]. The van der Waals surface area contributed by atoms with E-state index in [1.54, 1.807) is 20.8 Å². The largest absolute Gasteiger partial charge is 1.00 e. The van der Waals surface area contributed by atoms with Gasteiger partial charge in [-0.1, -0.05) is 0 Å². The van der Waals surface area contributed by atoms with Gasteiger partial charge < -0.3 is 20.0 Å². The number of carbonyl (C=O) groups excluding carboxylic acids is 3. The van der Waals surface area contributed by atoms with Crippen LogP contribution in [-0.4, -0.2) is 47.6 Å². The number of ether oxygens (including phenoxy) is 1. The Balaban J connectivity index is 0.00000289. The maximum atomic E-state index is 11.6. The maximum absolute atomic E-state index is 11.6. The maximum Gasteiger partial charge on any atom is 1.00 e. The van der Waals surface area contributed by atoms with Crippen LogP contribution < -0.4 is 61.8 Å². The molecule has 0 aromatic rings. The molecule has 0 radical (unpaired) electrons. The number of nitrogens with zero attached hydrogens (tertiary/aromatic N) is 1. The van der Waals surface area contributed by atoms with Gasteiger partial charge in [-0.3, -0.25) is 9.69 Å². The fourth-order valence-electron chi connectivity index (χ4n) is 1.34. The van der Waals surface area contributed by atoms with Gasteiger partial charge in [0.05, 0.1) is 18.6 Å². The van der Waals surface area contributed by atoms with Crippen molar-refractivity contribution in [1.29, 1.82) is 0 Å². The molecule has 1 fully saturated rings. The van der Waals surface area contributed by atoms with Crippen LogP contribution in [0.5, 0.6) is 0 Å². The van der Waals surface area contributed by atoms with E-state index in [9.17, 15) is 19.5 Å². The quantitative estimate of drug-likeness (QED) is 0.489. The van der Waals surface area contributed by atoms with E-state index in [0.29, 0.717) is 0 Å². The van der Waals surface area contributed by atoms with Gasteiger partial charge in [0.25, 0.3) is 0 Å². The van der Waals surface area contributed by atoms with Crippen LogP contribution >= 0.6 is 0 Å². The molecule has 0 aliphatic carbocycles. The fraction of sp³-hybridized carbons (Fsp3) is 0.700.